The van der Waals surface area contributed by atoms with Crippen LogP contribution in [0.1, 0.15) is 27.2 Å². The molecular weight excluding hydrogens is 268 g/mol. The lowest BCUT2D eigenvalue weighted by molar-refractivity contribution is -0.118. The quantitative estimate of drug-likeness (QED) is 0.311. The van der Waals surface area contributed by atoms with Crippen molar-refractivity contribution in [3.8, 4) is 0 Å². The second kappa shape index (κ2) is 8.14. The van der Waals surface area contributed by atoms with Crippen molar-refractivity contribution in [1.29, 1.82) is 0 Å². The second-order valence-corrected chi connectivity index (χ2v) is 4.69. The maximum absolute atomic E-state index is 12.1. The molecule has 1 unspecified atom stereocenters. The average Bonchev–Trinajstić information content (AvgIpc) is 2.50. The minimum absolute atomic E-state index is 0.0743. The first-order valence-corrected chi connectivity index (χ1v) is 7.20. The van der Waals surface area contributed by atoms with Gasteiger partial charge < -0.3 is 21.2 Å². The van der Waals surface area contributed by atoms with Crippen LogP contribution in [0.25, 0.3) is 0 Å². The molecule has 21 heavy (non-hydrogen) atoms. The highest BCUT2D eigenvalue weighted by molar-refractivity contribution is 6.07. The average molecular weight is 292 g/mol. The zero-order valence-corrected chi connectivity index (χ0v) is 12.8. The first-order chi connectivity index (χ1) is 10.1. The summed E-state index contributed by atoms with van der Waals surface area (Å²) in [4.78, 5) is 14.3. The summed E-state index contributed by atoms with van der Waals surface area (Å²) in [7, 11) is 0. The number of amidine groups is 1. The van der Waals surface area contributed by atoms with Crippen molar-refractivity contribution in [2.75, 3.05) is 23.3 Å². The number of benzene rings is 1. The van der Waals surface area contributed by atoms with E-state index < -0.39 is 5.92 Å². The smallest absolute Gasteiger partial charge is 0.235 e. The van der Waals surface area contributed by atoms with Crippen LogP contribution < -0.4 is 16.0 Å². The normalized spacial score (nSPS) is 12.8. The molecule has 0 fully saturated rings. The molecule has 6 heteroatoms. The van der Waals surface area contributed by atoms with Crippen molar-refractivity contribution >= 4 is 23.1 Å². The molecular formula is C15H24N4O2. The van der Waals surface area contributed by atoms with E-state index in [0.29, 0.717) is 12.1 Å². The van der Waals surface area contributed by atoms with E-state index in [1.54, 1.807) is 0 Å². The first-order valence-electron chi connectivity index (χ1n) is 7.20. The molecule has 6 nitrogen and oxygen atoms in total. The van der Waals surface area contributed by atoms with Crippen molar-refractivity contribution in [1.82, 2.24) is 0 Å². The summed E-state index contributed by atoms with van der Waals surface area (Å²) in [5.41, 5.74) is 7.32. The van der Waals surface area contributed by atoms with Gasteiger partial charge in [-0.05, 0) is 44.5 Å². The van der Waals surface area contributed by atoms with Crippen molar-refractivity contribution in [2.24, 2.45) is 16.8 Å². The summed E-state index contributed by atoms with van der Waals surface area (Å²) in [5.74, 6) is -0.976. The van der Waals surface area contributed by atoms with Crippen molar-refractivity contribution < 1.29 is 10.0 Å². The summed E-state index contributed by atoms with van der Waals surface area (Å²) in [6, 6.07) is 7.63. The third kappa shape index (κ3) is 4.37. The number of nitrogens with zero attached hydrogens (tertiary/aromatic N) is 2. The molecule has 0 aliphatic heterocycles. The number of hydrogen-bond acceptors (Lipinski definition) is 4. The van der Waals surface area contributed by atoms with Gasteiger partial charge in [-0.25, -0.2) is 0 Å². The van der Waals surface area contributed by atoms with E-state index in [2.05, 4.69) is 29.2 Å². The Labute approximate surface area is 125 Å². The van der Waals surface area contributed by atoms with Crippen molar-refractivity contribution in [3.63, 3.8) is 0 Å². The Morgan fingerprint density at radius 3 is 2.29 bits per heavy atom. The monoisotopic (exact) mass is 292 g/mol. The lowest BCUT2D eigenvalue weighted by Crippen LogP contribution is -2.34. The van der Waals surface area contributed by atoms with Gasteiger partial charge in [0.05, 0.1) is 5.92 Å². The highest BCUT2D eigenvalue weighted by Gasteiger charge is 2.21. The minimum atomic E-state index is -0.627. The third-order valence-electron chi connectivity index (χ3n) is 3.46. The minimum Gasteiger partial charge on any atom is -0.409 e. The van der Waals surface area contributed by atoms with Crippen LogP contribution in [-0.4, -0.2) is 30.0 Å². The highest BCUT2D eigenvalue weighted by Crippen LogP contribution is 2.18. The van der Waals surface area contributed by atoms with E-state index in [1.807, 2.05) is 31.2 Å². The van der Waals surface area contributed by atoms with E-state index in [0.717, 1.165) is 18.8 Å². The van der Waals surface area contributed by atoms with Crippen LogP contribution >= 0.6 is 0 Å². The molecule has 0 aliphatic rings. The van der Waals surface area contributed by atoms with Gasteiger partial charge in [0.15, 0.2) is 5.84 Å². The molecule has 1 aromatic carbocycles. The van der Waals surface area contributed by atoms with E-state index in [9.17, 15) is 4.79 Å². The molecule has 0 spiro atoms. The van der Waals surface area contributed by atoms with Crippen LogP contribution in [0.5, 0.6) is 0 Å². The topological polar surface area (TPSA) is 91.0 Å². The van der Waals surface area contributed by atoms with Gasteiger partial charge in [0, 0.05) is 24.5 Å². The Kier molecular flexibility index (Phi) is 6.52. The standard InChI is InChI=1S/C15H24N4O2/c1-4-13(14(16)18-21)15(20)17-11-7-9-12(10-8-11)19(5-2)6-3/h7-10,13,21H,4-6H2,1-3H3,(H2,16,18)(H,17,20). The lowest BCUT2D eigenvalue weighted by Gasteiger charge is -2.21. The number of carbonyl (C=O) groups is 1. The molecule has 0 heterocycles. The van der Waals surface area contributed by atoms with Gasteiger partial charge in [-0.2, -0.15) is 0 Å². The number of nitrogens with one attached hydrogen (secondary N) is 1. The number of nitrogens with two attached hydrogens (primary N) is 1. The molecule has 1 aromatic rings. The molecule has 0 bridgehead atoms. The van der Waals surface area contributed by atoms with Crippen molar-refractivity contribution in [2.45, 2.75) is 27.2 Å². The number of amides is 1. The summed E-state index contributed by atoms with van der Waals surface area (Å²) in [6.45, 7) is 7.88. The first kappa shape index (κ1) is 16.8. The van der Waals surface area contributed by atoms with E-state index in [-0.39, 0.29) is 11.7 Å². The van der Waals surface area contributed by atoms with Gasteiger partial charge in [0.25, 0.3) is 0 Å². The Morgan fingerprint density at radius 1 is 1.29 bits per heavy atom. The second-order valence-electron chi connectivity index (χ2n) is 4.69. The molecule has 0 saturated heterocycles. The van der Waals surface area contributed by atoms with Gasteiger partial charge >= 0.3 is 0 Å². The van der Waals surface area contributed by atoms with Gasteiger partial charge in [-0.15, -0.1) is 0 Å². The predicted molar refractivity (Wildman–Crippen MR) is 85.8 cm³/mol. The fourth-order valence-corrected chi connectivity index (χ4v) is 2.17. The van der Waals surface area contributed by atoms with E-state index >= 15 is 0 Å². The summed E-state index contributed by atoms with van der Waals surface area (Å²) < 4.78 is 0. The molecule has 0 aliphatic carbocycles. The van der Waals surface area contributed by atoms with Gasteiger partial charge in [-0.1, -0.05) is 12.1 Å². The molecule has 116 valence electrons. The molecule has 1 atom stereocenters. The third-order valence-corrected chi connectivity index (χ3v) is 3.46. The maximum Gasteiger partial charge on any atom is 0.235 e. The Morgan fingerprint density at radius 2 is 1.86 bits per heavy atom. The summed E-state index contributed by atoms with van der Waals surface area (Å²) >= 11 is 0. The zero-order chi connectivity index (χ0) is 15.8. The van der Waals surface area contributed by atoms with Crippen LogP contribution in [0.15, 0.2) is 29.4 Å². The fourth-order valence-electron chi connectivity index (χ4n) is 2.17. The lowest BCUT2D eigenvalue weighted by atomic mass is 10.0. The summed E-state index contributed by atoms with van der Waals surface area (Å²) in [5, 5.41) is 14.4. The number of anilines is 2. The largest absolute Gasteiger partial charge is 0.409 e. The van der Waals surface area contributed by atoms with Gasteiger partial charge in [-0.3, -0.25) is 4.79 Å². The Hall–Kier alpha value is -2.24. The summed E-state index contributed by atoms with van der Waals surface area (Å²) in [6.07, 6.45) is 0.471. The highest BCUT2D eigenvalue weighted by atomic mass is 16.4. The van der Waals surface area contributed by atoms with Crippen LogP contribution in [0.2, 0.25) is 0 Å². The number of rotatable bonds is 7. The number of oxime groups is 1. The predicted octanol–water partition coefficient (Wildman–Crippen LogP) is 2.24. The van der Waals surface area contributed by atoms with Crippen LogP contribution in [0.3, 0.4) is 0 Å². The Balaban J connectivity index is 2.77. The maximum atomic E-state index is 12.1. The van der Waals surface area contributed by atoms with Crippen LogP contribution in [-0.2, 0) is 4.79 Å². The van der Waals surface area contributed by atoms with Gasteiger partial charge in [0.1, 0.15) is 0 Å². The number of carbonyl (C=O) groups excluding carboxylic acids is 1. The van der Waals surface area contributed by atoms with Gasteiger partial charge in [0.2, 0.25) is 5.91 Å². The molecule has 0 radical (unpaired) electrons. The van der Waals surface area contributed by atoms with E-state index in [4.69, 9.17) is 10.9 Å². The SMILES string of the molecule is CCC(C(=O)Nc1ccc(N(CC)CC)cc1)C(N)=NO. The van der Waals surface area contributed by atoms with E-state index in [1.165, 1.54) is 0 Å². The molecule has 0 aromatic heterocycles. The molecule has 1 amide bonds. The van der Waals surface area contributed by atoms with Crippen LogP contribution in [0, 0.1) is 5.92 Å². The number of hydrogen-bond donors (Lipinski definition) is 3. The molecule has 4 N–H and O–H groups in total. The molecule has 1 rings (SSSR count). The Bertz CT molecular complexity index is 481. The van der Waals surface area contributed by atoms with Crippen LogP contribution in [0.4, 0.5) is 11.4 Å². The fraction of sp³-hybridized carbons (Fsp3) is 0.467. The molecule has 0 saturated carbocycles. The van der Waals surface area contributed by atoms with Crippen molar-refractivity contribution in [3.05, 3.63) is 24.3 Å². The zero-order valence-electron chi connectivity index (χ0n) is 12.8.